The molecule has 0 fully saturated rings. The summed E-state index contributed by atoms with van der Waals surface area (Å²) in [5, 5.41) is 8.59. The van der Waals surface area contributed by atoms with Crippen LogP contribution in [-0.4, -0.2) is 17.5 Å². The van der Waals surface area contributed by atoms with Gasteiger partial charge in [0.15, 0.2) is 0 Å². The molecule has 0 aromatic rings. The van der Waals surface area contributed by atoms with Crippen LogP contribution >= 0.6 is 11.8 Å². The predicted octanol–water partition coefficient (Wildman–Crippen LogP) is 1.25. The van der Waals surface area contributed by atoms with E-state index >= 15 is 0 Å². The van der Waals surface area contributed by atoms with Gasteiger partial charge >= 0.3 is 0 Å². The highest BCUT2D eigenvalue weighted by atomic mass is 32.2. The second-order valence-corrected chi connectivity index (χ2v) is 3.23. The molecule has 0 aromatic carbocycles. The summed E-state index contributed by atoms with van der Waals surface area (Å²) in [5.74, 6) is 1.82. The molecule has 1 N–H and O–H groups in total. The molecule has 1 rings (SSSR count). The minimum absolute atomic E-state index is 0.231. The zero-order valence-corrected chi connectivity index (χ0v) is 5.74. The predicted molar refractivity (Wildman–Crippen MR) is 36.8 cm³/mol. The van der Waals surface area contributed by atoms with Crippen LogP contribution in [0.2, 0.25) is 0 Å². The van der Waals surface area contributed by atoms with E-state index in [0.717, 1.165) is 10.7 Å². The summed E-state index contributed by atoms with van der Waals surface area (Å²) in [6.45, 7) is 2.39. The maximum absolute atomic E-state index is 8.59. The molecule has 0 saturated carbocycles. The van der Waals surface area contributed by atoms with Crippen molar-refractivity contribution in [3.63, 3.8) is 0 Å². The quantitative estimate of drug-likeness (QED) is 0.576. The van der Waals surface area contributed by atoms with Crippen LogP contribution in [-0.2, 0) is 0 Å². The van der Waals surface area contributed by atoms with Crippen molar-refractivity contribution in [2.75, 3.05) is 12.4 Å². The normalized spacial score (nSPS) is 28.2. The summed E-state index contributed by atoms with van der Waals surface area (Å²) in [7, 11) is 0. The van der Waals surface area contributed by atoms with E-state index in [2.05, 4.69) is 13.0 Å². The topological polar surface area (TPSA) is 20.2 Å². The summed E-state index contributed by atoms with van der Waals surface area (Å²) >= 11 is 1.76. The molecular formula is C6H10OS. The third-order valence-electron chi connectivity index (χ3n) is 1.16. The third-order valence-corrected chi connectivity index (χ3v) is 2.49. The Morgan fingerprint density at radius 2 is 2.75 bits per heavy atom. The number of hydrogen-bond acceptors (Lipinski definition) is 2. The zero-order valence-electron chi connectivity index (χ0n) is 4.92. The Balaban J connectivity index is 2.44. The summed E-state index contributed by atoms with van der Waals surface area (Å²) in [4.78, 5) is 1.14. The average Bonchev–Trinajstić information content (AvgIpc) is 2.14. The molecule has 1 aliphatic heterocycles. The smallest absolute Gasteiger partial charge is 0.0737 e. The van der Waals surface area contributed by atoms with Crippen molar-refractivity contribution >= 4 is 11.8 Å². The monoisotopic (exact) mass is 130 g/mol. The van der Waals surface area contributed by atoms with Crippen molar-refractivity contribution in [2.45, 2.75) is 6.92 Å². The number of thioether (sulfide) groups is 1. The van der Waals surface area contributed by atoms with Crippen LogP contribution in [0.3, 0.4) is 0 Å². The van der Waals surface area contributed by atoms with Crippen molar-refractivity contribution in [1.29, 1.82) is 0 Å². The standard InChI is InChI=1S/C6H10OS/c1-5-2-6(3-7)8-4-5/h2,5,7H,3-4H2,1H3. The van der Waals surface area contributed by atoms with Gasteiger partial charge in [0.2, 0.25) is 0 Å². The average molecular weight is 130 g/mol. The van der Waals surface area contributed by atoms with Crippen LogP contribution in [0.4, 0.5) is 0 Å². The summed E-state index contributed by atoms with van der Waals surface area (Å²) in [5.41, 5.74) is 0. The Hall–Kier alpha value is 0.0500. The molecule has 0 amide bonds. The molecule has 0 spiro atoms. The van der Waals surface area contributed by atoms with Crippen molar-refractivity contribution in [3.05, 3.63) is 11.0 Å². The lowest BCUT2D eigenvalue weighted by atomic mass is 10.2. The minimum Gasteiger partial charge on any atom is -0.391 e. The lowest BCUT2D eigenvalue weighted by molar-refractivity contribution is 0.339. The Kier molecular flexibility index (Phi) is 1.97. The van der Waals surface area contributed by atoms with Gasteiger partial charge in [-0.25, -0.2) is 0 Å². The van der Waals surface area contributed by atoms with Gasteiger partial charge in [0, 0.05) is 10.7 Å². The number of aliphatic hydroxyl groups is 1. The van der Waals surface area contributed by atoms with Gasteiger partial charge in [-0.2, -0.15) is 0 Å². The molecule has 0 bridgehead atoms. The molecule has 0 saturated heterocycles. The molecule has 8 heavy (non-hydrogen) atoms. The van der Waals surface area contributed by atoms with Crippen LogP contribution in [0.5, 0.6) is 0 Å². The first-order valence-electron chi connectivity index (χ1n) is 2.77. The van der Waals surface area contributed by atoms with Crippen LogP contribution in [0.1, 0.15) is 6.92 Å². The van der Waals surface area contributed by atoms with Crippen molar-refractivity contribution in [3.8, 4) is 0 Å². The Morgan fingerprint density at radius 1 is 2.00 bits per heavy atom. The molecule has 0 aliphatic carbocycles. The molecule has 46 valence electrons. The second-order valence-electron chi connectivity index (χ2n) is 2.08. The highest BCUT2D eigenvalue weighted by Crippen LogP contribution is 2.27. The minimum atomic E-state index is 0.231. The van der Waals surface area contributed by atoms with Gasteiger partial charge < -0.3 is 5.11 Å². The lowest BCUT2D eigenvalue weighted by Gasteiger charge is -1.89. The van der Waals surface area contributed by atoms with E-state index in [0.29, 0.717) is 5.92 Å². The lowest BCUT2D eigenvalue weighted by Crippen LogP contribution is -1.83. The van der Waals surface area contributed by atoms with Gasteiger partial charge in [0.05, 0.1) is 6.61 Å². The Bertz CT molecular complexity index is 109. The number of aliphatic hydroxyl groups excluding tert-OH is 1. The first kappa shape index (κ1) is 6.17. The molecule has 0 radical (unpaired) electrons. The molecule has 1 unspecified atom stereocenters. The number of rotatable bonds is 1. The maximum atomic E-state index is 8.59. The highest BCUT2D eigenvalue weighted by Gasteiger charge is 2.09. The fourth-order valence-corrected chi connectivity index (χ4v) is 1.74. The van der Waals surface area contributed by atoms with E-state index in [1.165, 1.54) is 0 Å². The molecule has 1 atom stereocenters. The van der Waals surface area contributed by atoms with Crippen LogP contribution in [0.25, 0.3) is 0 Å². The van der Waals surface area contributed by atoms with Crippen molar-refractivity contribution in [1.82, 2.24) is 0 Å². The van der Waals surface area contributed by atoms with Gasteiger partial charge in [0.25, 0.3) is 0 Å². The fourth-order valence-electron chi connectivity index (χ4n) is 0.750. The SMILES string of the molecule is CC1C=C(CO)SC1. The van der Waals surface area contributed by atoms with Gasteiger partial charge in [-0.1, -0.05) is 13.0 Å². The second kappa shape index (κ2) is 2.55. The first-order chi connectivity index (χ1) is 3.83. The molecule has 0 aromatic heterocycles. The molecule has 1 aliphatic rings. The van der Waals surface area contributed by atoms with Gasteiger partial charge in [-0.15, -0.1) is 11.8 Å². The Labute approximate surface area is 53.8 Å². The van der Waals surface area contributed by atoms with Gasteiger partial charge in [-0.05, 0) is 5.92 Å². The maximum Gasteiger partial charge on any atom is 0.0737 e. The van der Waals surface area contributed by atoms with E-state index < -0.39 is 0 Å². The summed E-state index contributed by atoms with van der Waals surface area (Å²) in [6, 6.07) is 0. The van der Waals surface area contributed by atoms with Crippen molar-refractivity contribution in [2.24, 2.45) is 5.92 Å². The van der Waals surface area contributed by atoms with Crippen LogP contribution in [0.15, 0.2) is 11.0 Å². The van der Waals surface area contributed by atoms with Crippen LogP contribution in [0, 0.1) is 5.92 Å². The van der Waals surface area contributed by atoms with E-state index in [4.69, 9.17) is 5.11 Å². The fraction of sp³-hybridized carbons (Fsp3) is 0.667. The highest BCUT2D eigenvalue weighted by molar-refractivity contribution is 8.03. The van der Waals surface area contributed by atoms with Crippen LogP contribution < -0.4 is 0 Å². The van der Waals surface area contributed by atoms with E-state index in [1.807, 2.05) is 0 Å². The Morgan fingerprint density at radius 3 is 3.00 bits per heavy atom. The first-order valence-corrected chi connectivity index (χ1v) is 3.76. The van der Waals surface area contributed by atoms with E-state index in [1.54, 1.807) is 11.8 Å². The number of hydrogen-bond donors (Lipinski definition) is 1. The zero-order chi connectivity index (χ0) is 5.98. The molecule has 2 heteroatoms. The summed E-state index contributed by atoms with van der Waals surface area (Å²) in [6.07, 6.45) is 2.13. The molecule has 1 nitrogen and oxygen atoms in total. The van der Waals surface area contributed by atoms with Crippen molar-refractivity contribution < 1.29 is 5.11 Å². The van der Waals surface area contributed by atoms with Gasteiger partial charge in [0.1, 0.15) is 0 Å². The van der Waals surface area contributed by atoms with Gasteiger partial charge in [-0.3, -0.25) is 0 Å². The third kappa shape index (κ3) is 1.26. The van der Waals surface area contributed by atoms with E-state index in [9.17, 15) is 0 Å². The van der Waals surface area contributed by atoms with E-state index in [-0.39, 0.29) is 6.61 Å². The molecule has 1 heterocycles. The largest absolute Gasteiger partial charge is 0.391 e. The summed E-state index contributed by atoms with van der Waals surface area (Å²) < 4.78 is 0. The number of allylic oxidation sites excluding steroid dienone is 1. The molecular weight excluding hydrogens is 120 g/mol.